The number of aromatic amines is 1. The van der Waals surface area contributed by atoms with Crippen LogP contribution in [0.5, 0.6) is 5.75 Å². The first-order valence-corrected chi connectivity index (χ1v) is 10.8. The van der Waals surface area contributed by atoms with E-state index in [1.807, 2.05) is 67.6 Å². The third kappa shape index (κ3) is 3.41. The van der Waals surface area contributed by atoms with Crippen LogP contribution in [-0.2, 0) is 0 Å². The zero-order valence-electron chi connectivity index (χ0n) is 16.7. The number of nitrogens with zero attached hydrogens (tertiary/aromatic N) is 3. The molecule has 0 radical (unpaired) electrons. The molecule has 3 heterocycles. The molecule has 1 atom stereocenters. The third-order valence-electron chi connectivity index (χ3n) is 5.31. The van der Waals surface area contributed by atoms with Crippen molar-refractivity contribution in [1.82, 2.24) is 15.2 Å². The molecule has 1 amide bonds. The number of amides is 1. The Kier molecular flexibility index (Phi) is 5.03. The van der Waals surface area contributed by atoms with Crippen molar-refractivity contribution in [2.45, 2.75) is 13.0 Å². The number of fused-ring (bicyclic) bond motifs is 1. The molecular formula is C24H19BrN4O2. The molecule has 1 aliphatic heterocycles. The Balaban J connectivity index is 1.65. The van der Waals surface area contributed by atoms with Gasteiger partial charge in [0.2, 0.25) is 0 Å². The molecule has 5 rings (SSSR count). The molecule has 0 fully saturated rings. The van der Waals surface area contributed by atoms with Gasteiger partial charge in [0.05, 0.1) is 18.3 Å². The lowest BCUT2D eigenvalue weighted by Gasteiger charge is -2.26. The number of nitrogens with one attached hydrogen (secondary N) is 1. The number of anilines is 1. The summed E-state index contributed by atoms with van der Waals surface area (Å²) in [6, 6.07) is 19.0. The fourth-order valence-corrected chi connectivity index (χ4v) is 4.23. The van der Waals surface area contributed by atoms with Gasteiger partial charge in [0, 0.05) is 33.7 Å². The monoisotopic (exact) mass is 474 g/mol. The lowest BCUT2D eigenvalue weighted by atomic mass is 9.97. The van der Waals surface area contributed by atoms with Crippen LogP contribution in [0.15, 0.2) is 77.5 Å². The SMILES string of the molecule is CCOc1ccc(-c2n[nH]c3c2[C@H](c2cccnc2)N(c2ccc(Br)cc2)C3=O)cc1. The molecule has 7 heteroatoms. The van der Waals surface area contributed by atoms with Gasteiger partial charge in [0.15, 0.2) is 0 Å². The van der Waals surface area contributed by atoms with E-state index < -0.39 is 0 Å². The van der Waals surface area contributed by atoms with Crippen molar-refractivity contribution in [1.29, 1.82) is 0 Å². The lowest BCUT2D eigenvalue weighted by Crippen LogP contribution is -2.29. The van der Waals surface area contributed by atoms with E-state index in [0.717, 1.165) is 38.3 Å². The van der Waals surface area contributed by atoms with Crippen LogP contribution in [0.1, 0.15) is 34.6 Å². The second-order valence-electron chi connectivity index (χ2n) is 7.16. The minimum atomic E-state index is -0.335. The highest BCUT2D eigenvalue weighted by atomic mass is 79.9. The van der Waals surface area contributed by atoms with Crippen molar-refractivity contribution in [3.8, 4) is 17.0 Å². The average Bonchev–Trinajstić information content (AvgIpc) is 3.35. The molecule has 4 aromatic rings. The molecule has 1 N–H and O–H groups in total. The summed E-state index contributed by atoms with van der Waals surface area (Å²) in [5, 5.41) is 7.49. The number of pyridine rings is 1. The second-order valence-corrected chi connectivity index (χ2v) is 8.07. The van der Waals surface area contributed by atoms with Crippen molar-refractivity contribution in [2.75, 3.05) is 11.5 Å². The smallest absolute Gasteiger partial charge is 0.277 e. The van der Waals surface area contributed by atoms with Crippen LogP contribution in [0.3, 0.4) is 0 Å². The maximum Gasteiger partial charge on any atom is 0.277 e. The minimum absolute atomic E-state index is 0.115. The van der Waals surface area contributed by atoms with E-state index in [1.165, 1.54) is 0 Å². The van der Waals surface area contributed by atoms with Crippen LogP contribution < -0.4 is 9.64 Å². The van der Waals surface area contributed by atoms with Crippen molar-refractivity contribution in [3.05, 3.63) is 94.4 Å². The second kappa shape index (κ2) is 8.00. The molecule has 1 aliphatic rings. The average molecular weight is 475 g/mol. The quantitative estimate of drug-likeness (QED) is 0.421. The fourth-order valence-electron chi connectivity index (χ4n) is 3.96. The highest BCUT2D eigenvalue weighted by Crippen LogP contribution is 2.45. The summed E-state index contributed by atoms with van der Waals surface area (Å²) in [6.45, 7) is 2.56. The zero-order chi connectivity index (χ0) is 21.4. The lowest BCUT2D eigenvalue weighted by molar-refractivity contribution is 0.0988. The van der Waals surface area contributed by atoms with Gasteiger partial charge in [-0.05, 0) is 67.1 Å². The Morgan fingerprint density at radius 1 is 1.10 bits per heavy atom. The van der Waals surface area contributed by atoms with E-state index in [-0.39, 0.29) is 11.9 Å². The molecule has 0 unspecified atom stereocenters. The number of benzene rings is 2. The summed E-state index contributed by atoms with van der Waals surface area (Å²) >= 11 is 3.47. The molecule has 2 aromatic heterocycles. The van der Waals surface area contributed by atoms with E-state index in [4.69, 9.17) is 4.74 Å². The van der Waals surface area contributed by atoms with Crippen LogP contribution in [0.2, 0.25) is 0 Å². The van der Waals surface area contributed by atoms with Gasteiger partial charge < -0.3 is 4.74 Å². The van der Waals surface area contributed by atoms with E-state index >= 15 is 0 Å². The normalized spacial score (nSPS) is 15.2. The van der Waals surface area contributed by atoms with Gasteiger partial charge in [-0.25, -0.2) is 0 Å². The van der Waals surface area contributed by atoms with Crippen LogP contribution in [-0.4, -0.2) is 27.7 Å². The van der Waals surface area contributed by atoms with Gasteiger partial charge >= 0.3 is 0 Å². The Morgan fingerprint density at radius 3 is 2.55 bits per heavy atom. The zero-order valence-corrected chi connectivity index (χ0v) is 18.3. The first-order valence-electron chi connectivity index (χ1n) is 9.98. The number of hydrogen-bond donors (Lipinski definition) is 1. The highest BCUT2D eigenvalue weighted by molar-refractivity contribution is 9.10. The summed E-state index contributed by atoms with van der Waals surface area (Å²) < 4.78 is 6.51. The molecule has 0 saturated carbocycles. The molecular weight excluding hydrogens is 456 g/mol. The van der Waals surface area contributed by atoms with Gasteiger partial charge in [-0.2, -0.15) is 5.10 Å². The number of hydrogen-bond acceptors (Lipinski definition) is 4. The van der Waals surface area contributed by atoms with Crippen LogP contribution in [0, 0.1) is 0 Å². The summed E-state index contributed by atoms with van der Waals surface area (Å²) in [5.74, 6) is 0.686. The highest BCUT2D eigenvalue weighted by Gasteiger charge is 2.43. The van der Waals surface area contributed by atoms with E-state index in [1.54, 1.807) is 17.3 Å². The molecule has 0 aliphatic carbocycles. The fraction of sp³-hybridized carbons (Fsp3) is 0.125. The first kappa shape index (κ1) is 19.5. The number of carbonyl (C=O) groups is 1. The van der Waals surface area contributed by atoms with Crippen LogP contribution in [0.25, 0.3) is 11.3 Å². The molecule has 6 nitrogen and oxygen atoms in total. The standard InChI is InChI=1S/C24H19BrN4O2/c1-2-31-19-11-5-15(6-12-19)21-20-22(28-27-21)24(30)29(18-9-7-17(25)8-10-18)23(20)16-4-3-13-26-14-16/h3-14,23H,2H2,1H3,(H,27,28)/t23-/m0/s1. The van der Waals surface area contributed by atoms with E-state index in [2.05, 4.69) is 31.1 Å². The number of aromatic nitrogens is 3. The van der Waals surface area contributed by atoms with Gasteiger partial charge in [0.1, 0.15) is 11.4 Å². The van der Waals surface area contributed by atoms with Crippen molar-refractivity contribution in [3.63, 3.8) is 0 Å². The summed E-state index contributed by atoms with van der Waals surface area (Å²) in [6.07, 6.45) is 3.53. The molecule has 0 bridgehead atoms. The summed E-state index contributed by atoms with van der Waals surface area (Å²) in [5.41, 5.74) is 4.75. The van der Waals surface area contributed by atoms with Gasteiger partial charge in [-0.1, -0.05) is 22.0 Å². The first-order chi connectivity index (χ1) is 15.2. The van der Waals surface area contributed by atoms with Gasteiger partial charge in [-0.15, -0.1) is 0 Å². The predicted molar refractivity (Wildman–Crippen MR) is 122 cm³/mol. The van der Waals surface area contributed by atoms with Crippen LogP contribution >= 0.6 is 15.9 Å². The summed E-state index contributed by atoms with van der Waals surface area (Å²) in [7, 11) is 0. The Bertz CT molecular complexity index is 1220. The van der Waals surface area contributed by atoms with Crippen molar-refractivity contribution in [2.24, 2.45) is 0 Å². The molecule has 0 spiro atoms. The predicted octanol–water partition coefficient (Wildman–Crippen LogP) is 5.38. The Hall–Kier alpha value is -3.45. The third-order valence-corrected chi connectivity index (χ3v) is 5.84. The Morgan fingerprint density at radius 2 is 1.87 bits per heavy atom. The topological polar surface area (TPSA) is 71.1 Å². The van der Waals surface area contributed by atoms with E-state index in [9.17, 15) is 4.79 Å². The maximum absolute atomic E-state index is 13.5. The largest absolute Gasteiger partial charge is 0.494 e. The van der Waals surface area contributed by atoms with Crippen LogP contribution in [0.4, 0.5) is 5.69 Å². The molecule has 31 heavy (non-hydrogen) atoms. The molecule has 2 aromatic carbocycles. The Labute approximate surface area is 188 Å². The number of carbonyl (C=O) groups excluding carboxylic acids is 1. The van der Waals surface area contributed by atoms with Gasteiger partial charge in [-0.3, -0.25) is 19.8 Å². The van der Waals surface area contributed by atoms with Crippen molar-refractivity contribution < 1.29 is 9.53 Å². The van der Waals surface area contributed by atoms with Gasteiger partial charge in [0.25, 0.3) is 5.91 Å². The van der Waals surface area contributed by atoms with E-state index in [0.29, 0.717) is 12.3 Å². The number of H-pyrrole nitrogens is 1. The summed E-state index contributed by atoms with van der Waals surface area (Å²) in [4.78, 5) is 19.5. The molecule has 0 saturated heterocycles. The molecule has 154 valence electrons. The maximum atomic E-state index is 13.5. The number of halogens is 1. The number of rotatable bonds is 5. The van der Waals surface area contributed by atoms with Crippen molar-refractivity contribution >= 4 is 27.5 Å². The number of ether oxygens (including phenoxy) is 1. The minimum Gasteiger partial charge on any atom is -0.494 e.